The highest BCUT2D eigenvalue weighted by Crippen LogP contribution is 2.30. The zero-order valence-corrected chi connectivity index (χ0v) is 11.7. The monoisotopic (exact) mass is 260 g/mol. The van der Waals surface area contributed by atoms with Gasteiger partial charge in [-0.15, -0.1) is 0 Å². The van der Waals surface area contributed by atoms with Crippen LogP contribution in [-0.4, -0.2) is 9.38 Å². The molecule has 0 amide bonds. The van der Waals surface area contributed by atoms with E-state index in [-0.39, 0.29) is 0 Å². The van der Waals surface area contributed by atoms with Crippen molar-refractivity contribution in [3.63, 3.8) is 0 Å². The summed E-state index contributed by atoms with van der Waals surface area (Å²) in [5, 5.41) is 3.80. The van der Waals surface area contributed by atoms with Gasteiger partial charge < -0.3 is 0 Å². The van der Waals surface area contributed by atoms with Gasteiger partial charge in [0, 0.05) is 23.2 Å². The van der Waals surface area contributed by atoms with E-state index in [1.54, 1.807) is 0 Å². The number of nitrogens with zero attached hydrogens (tertiary/aromatic N) is 2. The van der Waals surface area contributed by atoms with Crippen LogP contribution in [0.1, 0.15) is 25.3 Å². The third-order valence-electron chi connectivity index (χ3n) is 4.05. The van der Waals surface area contributed by atoms with Crippen molar-refractivity contribution >= 4 is 27.3 Å². The second-order valence-electron chi connectivity index (χ2n) is 5.60. The van der Waals surface area contributed by atoms with Crippen LogP contribution in [0.25, 0.3) is 27.3 Å². The SMILES string of the molecule is CC(C)c1ccc2c(c1)c1ccccc1c1nccn21. The van der Waals surface area contributed by atoms with E-state index in [1.807, 2.05) is 12.4 Å². The summed E-state index contributed by atoms with van der Waals surface area (Å²) in [7, 11) is 0. The second-order valence-corrected chi connectivity index (χ2v) is 5.60. The summed E-state index contributed by atoms with van der Waals surface area (Å²) in [6.45, 7) is 4.47. The van der Waals surface area contributed by atoms with E-state index in [2.05, 4.69) is 65.7 Å². The molecule has 0 saturated carbocycles. The average molecular weight is 260 g/mol. The minimum absolute atomic E-state index is 0.539. The van der Waals surface area contributed by atoms with Gasteiger partial charge in [0.15, 0.2) is 0 Å². The van der Waals surface area contributed by atoms with Crippen molar-refractivity contribution in [3.8, 4) is 0 Å². The smallest absolute Gasteiger partial charge is 0.145 e. The van der Waals surface area contributed by atoms with E-state index in [1.165, 1.54) is 27.2 Å². The van der Waals surface area contributed by atoms with Gasteiger partial charge in [-0.1, -0.05) is 44.2 Å². The van der Waals surface area contributed by atoms with Gasteiger partial charge in [0.1, 0.15) is 5.65 Å². The summed E-state index contributed by atoms with van der Waals surface area (Å²) in [6.07, 6.45) is 3.91. The van der Waals surface area contributed by atoms with Crippen molar-refractivity contribution in [1.29, 1.82) is 0 Å². The lowest BCUT2D eigenvalue weighted by Gasteiger charge is -2.11. The average Bonchev–Trinajstić information content (AvgIpc) is 2.96. The summed E-state index contributed by atoms with van der Waals surface area (Å²) in [5.41, 5.74) is 3.63. The number of aromatic nitrogens is 2. The number of rotatable bonds is 1. The van der Waals surface area contributed by atoms with E-state index in [0.717, 1.165) is 5.65 Å². The normalized spacial score (nSPS) is 11.9. The topological polar surface area (TPSA) is 17.3 Å². The lowest BCUT2D eigenvalue weighted by atomic mass is 9.98. The van der Waals surface area contributed by atoms with E-state index in [9.17, 15) is 0 Å². The van der Waals surface area contributed by atoms with Gasteiger partial charge in [-0.2, -0.15) is 0 Å². The lowest BCUT2D eigenvalue weighted by Crippen LogP contribution is -1.93. The van der Waals surface area contributed by atoms with Crippen molar-refractivity contribution in [2.45, 2.75) is 19.8 Å². The van der Waals surface area contributed by atoms with Crippen molar-refractivity contribution in [2.75, 3.05) is 0 Å². The van der Waals surface area contributed by atoms with E-state index in [0.29, 0.717) is 5.92 Å². The Hall–Kier alpha value is -2.35. The van der Waals surface area contributed by atoms with Crippen LogP contribution in [0.2, 0.25) is 0 Å². The van der Waals surface area contributed by atoms with Gasteiger partial charge >= 0.3 is 0 Å². The molecule has 2 aromatic heterocycles. The van der Waals surface area contributed by atoms with Gasteiger partial charge in [-0.25, -0.2) is 4.98 Å². The van der Waals surface area contributed by atoms with Crippen molar-refractivity contribution in [3.05, 3.63) is 60.4 Å². The maximum Gasteiger partial charge on any atom is 0.145 e. The molecule has 4 aromatic rings. The number of fused-ring (bicyclic) bond motifs is 6. The molecule has 2 aromatic carbocycles. The first-order chi connectivity index (χ1) is 9.75. The lowest BCUT2D eigenvalue weighted by molar-refractivity contribution is 0.868. The predicted octanol–water partition coefficient (Wildman–Crippen LogP) is 4.76. The largest absolute Gasteiger partial charge is 0.299 e. The fourth-order valence-corrected chi connectivity index (χ4v) is 2.95. The first-order valence-corrected chi connectivity index (χ1v) is 7.03. The quantitative estimate of drug-likeness (QED) is 0.451. The molecule has 0 aliphatic rings. The van der Waals surface area contributed by atoms with Crippen LogP contribution in [-0.2, 0) is 0 Å². The summed E-state index contributed by atoms with van der Waals surface area (Å²) in [6, 6.07) is 15.3. The summed E-state index contributed by atoms with van der Waals surface area (Å²) >= 11 is 0. The molecule has 0 saturated heterocycles. The highest BCUT2D eigenvalue weighted by Gasteiger charge is 2.10. The Morgan fingerprint density at radius 2 is 1.75 bits per heavy atom. The van der Waals surface area contributed by atoms with Crippen LogP contribution in [0.15, 0.2) is 54.9 Å². The molecule has 0 radical (unpaired) electrons. The zero-order chi connectivity index (χ0) is 13.7. The molecule has 0 bridgehead atoms. The molecular weight excluding hydrogens is 244 g/mol. The van der Waals surface area contributed by atoms with Gasteiger partial charge in [0.2, 0.25) is 0 Å². The molecule has 2 heteroatoms. The molecule has 0 atom stereocenters. The Labute approximate surface area is 117 Å². The Kier molecular flexibility index (Phi) is 2.34. The molecule has 2 nitrogen and oxygen atoms in total. The molecule has 98 valence electrons. The van der Waals surface area contributed by atoms with Crippen molar-refractivity contribution in [1.82, 2.24) is 9.38 Å². The molecule has 0 aliphatic carbocycles. The Bertz CT molecular complexity index is 932. The summed E-state index contributed by atoms with van der Waals surface area (Å²) < 4.78 is 2.18. The molecule has 2 heterocycles. The minimum Gasteiger partial charge on any atom is -0.299 e. The van der Waals surface area contributed by atoms with E-state index < -0.39 is 0 Å². The highest BCUT2D eigenvalue weighted by molar-refractivity contribution is 6.11. The van der Waals surface area contributed by atoms with Gasteiger partial charge in [-0.05, 0) is 29.0 Å². The fraction of sp³-hybridized carbons (Fsp3) is 0.167. The number of pyridine rings is 1. The molecule has 0 N–H and O–H groups in total. The van der Waals surface area contributed by atoms with Crippen molar-refractivity contribution < 1.29 is 0 Å². The van der Waals surface area contributed by atoms with Crippen LogP contribution in [0, 0.1) is 0 Å². The highest BCUT2D eigenvalue weighted by atomic mass is 15.0. The standard InChI is InChI=1S/C18H16N2/c1-12(2)13-7-8-17-16(11-13)14-5-3-4-6-15(14)18-19-9-10-20(17)18/h3-12H,1-2H3. The van der Waals surface area contributed by atoms with Gasteiger partial charge in [0.05, 0.1) is 5.52 Å². The third kappa shape index (κ3) is 1.48. The molecule has 0 unspecified atom stereocenters. The van der Waals surface area contributed by atoms with Crippen LogP contribution < -0.4 is 0 Å². The fourth-order valence-electron chi connectivity index (χ4n) is 2.95. The Balaban J connectivity index is 2.29. The first-order valence-electron chi connectivity index (χ1n) is 7.03. The number of imidazole rings is 1. The van der Waals surface area contributed by atoms with Gasteiger partial charge in [0.25, 0.3) is 0 Å². The number of hydrogen-bond acceptors (Lipinski definition) is 1. The molecule has 0 fully saturated rings. The maximum atomic E-state index is 4.52. The van der Waals surface area contributed by atoms with Gasteiger partial charge in [-0.3, -0.25) is 4.40 Å². The number of benzene rings is 2. The Morgan fingerprint density at radius 1 is 0.950 bits per heavy atom. The predicted molar refractivity (Wildman–Crippen MR) is 84.3 cm³/mol. The van der Waals surface area contributed by atoms with Crippen LogP contribution >= 0.6 is 0 Å². The third-order valence-corrected chi connectivity index (χ3v) is 4.05. The van der Waals surface area contributed by atoms with E-state index >= 15 is 0 Å². The molecule has 4 rings (SSSR count). The zero-order valence-electron chi connectivity index (χ0n) is 11.7. The van der Waals surface area contributed by atoms with E-state index in [4.69, 9.17) is 0 Å². The summed E-state index contributed by atoms with van der Waals surface area (Å²) in [4.78, 5) is 4.52. The van der Waals surface area contributed by atoms with Crippen LogP contribution in [0.4, 0.5) is 0 Å². The molecule has 20 heavy (non-hydrogen) atoms. The molecule has 0 aliphatic heterocycles. The second kappa shape index (κ2) is 4.07. The Morgan fingerprint density at radius 3 is 2.55 bits per heavy atom. The molecule has 0 spiro atoms. The number of hydrogen-bond donors (Lipinski definition) is 0. The minimum atomic E-state index is 0.539. The van der Waals surface area contributed by atoms with Crippen molar-refractivity contribution in [2.24, 2.45) is 0 Å². The summed E-state index contributed by atoms with van der Waals surface area (Å²) in [5.74, 6) is 0.539. The molecular formula is C18H16N2. The first kappa shape index (κ1) is 11.5. The van der Waals surface area contributed by atoms with Crippen LogP contribution in [0.5, 0.6) is 0 Å². The maximum absolute atomic E-state index is 4.52. The van der Waals surface area contributed by atoms with Crippen LogP contribution in [0.3, 0.4) is 0 Å².